The van der Waals surface area contributed by atoms with E-state index in [2.05, 4.69) is 24.4 Å². The molecule has 2 aromatic rings. The van der Waals surface area contributed by atoms with Crippen LogP contribution in [0.3, 0.4) is 0 Å². The van der Waals surface area contributed by atoms with Gasteiger partial charge in [-0.05, 0) is 19.1 Å². The average molecular weight is 271 g/mol. The normalized spacial score (nSPS) is 11.9. The van der Waals surface area contributed by atoms with E-state index in [0.717, 1.165) is 29.2 Å². The van der Waals surface area contributed by atoms with Crippen molar-refractivity contribution in [3.8, 4) is 11.5 Å². The summed E-state index contributed by atoms with van der Waals surface area (Å²) in [4.78, 5) is 0. The third kappa shape index (κ3) is 3.31. The Bertz CT molecular complexity index is 554. The molecule has 2 aromatic carbocycles. The van der Waals surface area contributed by atoms with Crippen LogP contribution in [0.4, 0.5) is 0 Å². The van der Waals surface area contributed by atoms with E-state index in [9.17, 15) is 0 Å². The monoisotopic (exact) mass is 271 g/mol. The molecular formula is C17H21NO2. The molecule has 0 unspecified atom stereocenters. The molecule has 0 fully saturated rings. The number of para-hydroxylation sites is 2. The highest BCUT2D eigenvalue weighted by molar-refractivity contribution is 5.36. The van der Waals surface area contributed by atoms with E-state index in [4.69, 9.17) is 9.47 Å². The molecule has 3 heteroatoms. The van der Waals surface area contributed by atoms with E-state index < -0.39 is 0 Å². The minimum atomic E-state index is 0.205. The summed E-state index contributed by atoms with van der Waals surface area (Å²) in [6.07, 6.45) is 0. The molecule has 2 rings (SSSR count). The van der Waals surface area contributed by atoms with Crippen LogP contribution in [0, 0.1) is 0 Å². The topological polar surface area (TPSA) is 30.5 Å². The van der Waals surface area contributed by atoms with Crippen LogP contribution in [0.15, 0.2) is 48.5 Å². The van der Waals surface area contributed by atoms with Crippen molar-refractivity contribution in [1.29, 1.82) is 0 Å². The summed E-state index contributed by atoms with van der Waals surface area (Å²) in [6, 6.07) is 16.3. The van der Waals surface area contributed by atoms with Crippen LogP contribution in [0.1, 0.15) is 24.1 Å². The first kappa shape index (κ1) is 14.4. The first-order chi connectivity index (χ1) is 9.76. The summed E-state index contributed by atoms with van der Waals surface area (Å²) in [6.45, 7) is 2.89. The smallest absolute Gasteiger partial charge is 0.123 e. The lowest BCUT2D eigenvalue weighted by Gasteiger charge is -2.18. The molecule has 0 saturated carbocycles. The molecule has 0 bridgehead atoms. The van der Waals surface area contributed by atoms with Crippen molar-refractivity contribution in [1.82, 2.24) is 5.32 Å². The number of rotatable bonds is 6. The highest BCUT2D eigenvalue weighted by atomic mass is 16.5. The van der Waals surface area contributed by atoms with Gasteiger partial charge in [0.1, 0.15) is 11.5 Å². The molecule has 1 N–H and O–H groups in total. The summed E-state index contributed by atoms with van der Waals surface area (Å²) in [5.74, 6) is 1.82. The van der Waals surface area contributed by atoms with Gasteiger partial charge < -0.3 is 14.8 Å². The zero-order valence-corrected chi connectivity index (χ0v) is 12.2. The molecule has 0 aliphatic heterocycles. The summed E-state index contributed by atoms with van der Waals surface area (Å²) in [5, 5.41) is 3.50. The van der Waals surface area contributed by atoms with Crippen molar-refractivity contribution in [3.63, 3.8) is 0 Å². The van der Waals surface area contributed by atoms with Gasteiger partial charge in [-0.2, -0.15) is 0 Å². The van der Waals surface area contributed by atoms with E-state index >= 15 is 0 Å². The largest absolute Gasteiger partial charge is 0.496 e. The molecular weight excluding hydrogens is 250 g/mol. The number of hydrogen-bond donors (Lipinski definition) is 1. The van der Waals surface area contributed by atoms with Crippen molar-refractivity contribution < 1.29 is 9.47 Å². The van der Waals surface area contributed by atoms with Crippen molar-refractivity contribution >= 4 is 0 Å². The molecule has 0 spiro atoms. The lowest BCUT2D eigenvalue weighted by atomic mass is 10.1. The summed E-state index contributed by atoms with van der Waals surface area (Å²) in [7, 11) is 3.40. The summed E-state index contributed by atoms with van der Waals surface area (Å²) >= 11 is 0. The van der Waals surface area contributed by atoms with E-state index in [-0.39, 0.29) is 6.04 Å². The van der Waals surface area contributed by atoms with Crippen molar-refractivity contribution in [2.24, 2.45) is 0 Å². The van der Waals surface area contributed by atoms with Crippen LogP contribution in [-0.4, -0.2) is 14.2 Å². The summed E-state index contributed by atoms with van der Waals surface area (Å²) < 4.78 is 10.8. The van der Waals surface area contributed by atoms with Gasteiger partial charge in [0.15, 0.2) is 0 Å². The van der Waals surface area contributed by atoms with Crippen LogP contribution in [0.2, 0.25) is 0 Å². The minimum absolute atomic E-state index is 0.205. The van der Waals surface area contributed by atoms with Crippen LogP contribution < -0.4 is 14.8 Å². The van der Waals surface area contributed by atoms with Gasteiger partial charge in [0.25, 0.3) is 0 Å². The fourth-order valence-electron chi connectivity index (χ4n) is 2.25. The van der Waals surface area contributed by atoms with Gasteiger partial charge in [-0.1, -0.05) is 36.4 Å². The molecule has 106 valence electrons. The molecule has 3 nitrogen and oxygen atoms in total. The predicted molar refractivity (Wildman–Crippen MR) is 81.2 cm³/mol. The van der Waals surface area contributed by atoms with Gasteiger partial charge >= 0.3 is 0 Å². The van der Waals surface area contributed by atoms with Crippen LogP contribution in [0.5, 0.6) is 11.5 Å². The van der Waals surface area contributed by atoms with E-state index in [1.54, 1.807) is 14.2 Å². The Kier molecular flexibility index (Phi) is 5.02. The maximum atomic E-state index is 5.40. The lowest BCUT2D eigenvalue weighted by Crippen LogP contribution is -2.19. The molecule has 0 heterocycles. The standard InChI is InChI=1S/C17H21NO2/c1-13(15-9-5-7-11-17(15)20-3)18-12-14-8-4-6-10-16(14)19-2/h4-11,13,18H,12H2,1-3H3/t13-/m1/s1. The first-order valence-electron chi connectivity index (χ1n) is 6.74. The van der Waals surface area contributed by atoms with E-state index in [1.165, 1.54) is 0 Å². The Morgan fingerprint density at radius 3 is 2.20 bits per heavy atom. The number of ether oxygens (including phenoxy) is 2. The first-order valence-corrected chi connectivity index (χ1v) is 6.74. The van der Waals surface area contributed by atoms with Gasteiger partial charge in [0.05, 0.1) is 14.2 Å². The number of methoxy groups -OCH3 is 2. The van der Waals surface area contributed by atoms with Gasteiger partial charge in [0, 0.05) is 23.7 Å². The Morgan fingerprint density at radius 2 is 1.50 bits per heavy atom. The highest BCUT2D eigenvalue weighted by Gasteiger charge is 2.11. The zero-order chi connectivity index (χ0) is 14.4. The Morgan fingerprint density at radius 1 is 0.900 bits per heavy atom. The fraction of sp³-hybridized carbons (Fsp3) is 0.294. The lowest BCUT2D eigenvalue weighted by molar-refractivity contribution is 0.397. The maximum Gasteiger partial charge on any atom is 0.123 e. The van der Waals surface area contributed by atoms with Crippen molar-refractivity contribution in [2.45, 2.75) is 19.5 Å². The SMILES string of the molecule is COc1ccccc1CN[C@H](C)c1ccccc1OC. The molecule has 20 heavy (non-hydrogen) atoms. The second-order valence-electron chi connectivity index (χ2n) is 4.66. The molecule has 0 aliphatic rings. The molecule has 0 aliphatic carbocycles. The van der Waals surface area contributed by atoms with Crippen LogP contribution in [0.25, 0.3) is 0 Å². The van der Waals surface area contributed by atoms with Crippen LogP contribution >= 0.6 is 0 Å². The summed E-state index contributed by atoms with van der Waals surface area (Å²) in [5.41, 5.74) is 2.31. The van der Waals surface area contributed by atoms with Gasteiger partial charge in [-0.3, -0.25) is 0 Å². The predicted octanol–water partition coefficient (Wildman–Crippen LogP) is 3.55. The molecule has 0 aromatic heterocycles. The second kappa shape index (κ2) is 6.96. The van der Waals surface area contributed by atoms with Gasteiger partial charge in [-0.25, -0.2) is 0 Å². The molecule has 1 atom stereocenters. The number of nitrogens with one attached hydrogen (secondary N) is 1. The minimum Gasteiger partial charge on any atom is -0.496 e. The second-order valence-corrected chi connectivity index (χ2v) is 4.66. The third-order valence-electron chi connectivity index (χ3n) is 3.40. The van der Waals surface area contributed by atoms with Crippen LogP contribution in [-0.2, 0) is 6.54 Å². The molecule has 0 saturated heterocycles. The van der Waals surface area contributed by atoms with Crippen molar-refractivity contribution in [3.05, 3.63) is 59.7 Å². The number of benzene rings is 2. The number of hydrogen-bond acceptors (Lipinski definition) is 3. The van der Waals surface area contributed by atoms with Crippen molar-refractivity contribution in [2.75, 3.05) is 14.2 Å². The van der Waals surface area contributed by atoms with E-state index in [1.807, 2.05) is 36.4 Å². The molecule has 0 amide bonds. The Hall–Kier alpha value is -2.00. The molecule has 0 radical (unpaired) electrons. The van der Waals surface area contributed by atoms with Gasteiger partial charge in [-0.15, -0.1) is 0 Å². The highest BCUT2D eigenvalue weighted by Crippen LogP contribution is 2.25. The van der Waals surface area contributed by atoms with E-state index in [0.29, 0.717) is 0 Å². The average Bonchev–Trinajstić information content (AvgIpc) is 2.52. The fourth-order valence-corrected chi connectivity index (χ4v) is 2.25. The maximum absolute atomic E-state index is 5.40. The third-order valence-corrected chi connectivity index (χ3v) is 3.40. The Balaban J connectivity index is 2.07. The zero-order valence-electron chi connectivity index (χ0n) is 12.2. The Labute approximate surface area is 120 Å². The van der Waals surface area contributed by atoms with Gasteiger partial charge in [0.2, 0.25) is 0 Å². The quantitative estimate of drug-likeness (QED) is 0.871.